The SMILES string of the molecule is CCOC(=O)C1=C(C)NC(=S)N[C@@H]1c1ccccc1OCC(=O)NN=Cc1cc(I)c(OCc2ccc(C#N)cc2)c(I)c1. The number of rotatable bonds is 11. The van der Waals surface area contributed by atoms with E-state index in [-0.39, 0.29) is 13.2 Å². The van der Waals surface area contributed by atoms with E-state index in [4.69, 9.17) is 31.7 Å². The molecule has 44 heavy (non-hydrogen) atoms. The zero-order valence-corrected chi connectivity index (χ0v) is 28.8. The first kappa shape index (κ1) is 33.1. The van der Waals surface area contributed by atoms with Crippen molar-refractivity contribution in [2.45, 2.75) is 26.5 Å². The number of para-hydroxylation sites is 1. The van der Waals surface area contributed by atoms with E-state index < -0.39 is 17.9 Å². The largest absolute Gasteiger partial charge is 0.487 e. The zero-order chi connectivity index (χ0) is 31.6. The number of benzene rings is 3. The quantitative estimate of drug-likeness (QED) is 0.0781. The minimum atomic E-state index is -0.624. The lowest BCUT2D eigenvalue weighted by Gasteiger charge is -2.30. The number of hydrogen-bond donors (Lipinski definition) is 3. The first-order chi connectivity index (χ1) is 21.2. The van der Waals surface area contributed by atoms with Gasteiger partial charge in [0, 0.05) is 11.3 Å². The highest BCUT2D eigenvalue weighted by Crippen LogP contribution is 2.34. The first-order valence-corrected chi connectivity index (χ1v) is 15.9. The summed E-state index contributed by atoms with van der Waals surface area (Å²) in [5.41, 5.74) is 6.39. The minimum absolute atomic E-state index is 0.224. The number of nitrogens with zero attached hydrogens (tertiary/aromatic N) is 2. The molecule has 0 radical (unpaired) electrons. The Labute approximate surface area is 287 Å². The van der Waals surface area contributed by atoms with E-state index in [0.29, 0.717) is 39.9 Å². The van der Waals surface area contributed by atoms with E-state index in [1.165, 1.54) is 0 Å². The molecular weight excluding hydrogens is 808 g/mol. The van der Waals surface area contributed by atoms with Gasteiger partial charge in [-0.25, -0.2) is 10.2 Å². The Bertz CT molecular complexity index is 1650. The maximum Gasteiger partial charge on any atom is 0.338 e. The maximum absolute atomic E-state index is 12.7. The van der Waals surface area contributed by atoms with Gasteiger partial charge in [-0.1, -0.05) is 30.3 Å². The number of nitrogens with one attached hydrogen (secondary N) is 3. The summed E-state index contributed by atoms with van der Waals surface area (Å²) in [7, 11) is 0. The predicted octanol–water partition coefficient (Wildman–Crippen LogP) is 5.23. The summed E-state index contributed by atoms with van der Waals surface area (Å²) in [6.07, 6.45) is 1.54. The number of esters is 1. The third kappa shape index (κ3) is 8.67. The van der Waals surface area contributed by atoms with Crippen LogP contribution in [0.2, 0.25) is 0 Å². The number of amides is 1. The Morgan fingerprint density at radius 2 is 1.82 bits per heavy atom. The molecule has 0 aromatic heterocycles. The number of hydrazone groups is 1. The molecule has 3 aromatic carbocycles. The number of halogens is 2. The molecule has 3 aromatic rings. The van der Waals surface area contributed by atoms with E-state index >= 15 is 0 Å². The lowest BCUT2D eigenvalue weighted by molar-refractivity contribution is -0.139. The Hall–Kier alpha value is -3.75. The Kier molecular flexibility index (Phi) is 11.9. The molecule has 3 N–H and O–H groups in total. The van der Waals surface area contributed by atoms with Gasteiger partial charge in [0.1, 0.15) is 18.1 Å². The summed E-state index contributed by atoms with van der Waals surface area (Å²) in [6.45, 7) is 3.77. The average Bonchev–Trinajstić information content (AvgIpc) is 2.99. The van der Waals surface area contributed by atoms with Crippen LogP contribution in [-0.2, 0) is 20.9 Å². The van der Waals surface area contributed by atoms with Crippen LogP contribution in [0.25, 0.3) is 0 Å². The van der Waals surface area contributed by atoms with Gasteiger partial charge in [-0.3, -0.25) is 4.79 Å². The first-order valence-electron chi connectivity index (χ1n) is 13.3. The second kappa shape index (κ2) is 15.8. The smallest absolute Gasteiger partial charge is 0.338 e. The minimum Gasteiger partial charge on any atom is -0.487 e. The molecule has 1 aliphatic heterocycles. The van der Waals surface area contributed by atoms with E-state index in [0.717, 1.165) is 24.0 Å². The summed E-state index contributed by atoms with van der Waals surface area (Å²) in [4.78, 5) is 25.3. The van der Waals surface area contributed by atoms with Crippen LogP contribution in [0.3, 0.4) is 0 Å². The fourth-order valence-electron chi connectivity index (χ4n) is 4.23. The number of hydrogen-bond acceptors (Lipinski definition) is 8. The van der Waals surface area contributed by atoms with Crippen LogP contribution in [0.5, 0.6) is 11.5 Å². The molecule has 4 rings (SSSR count). The fourth-order valence-corrected chi connectivity index (χ4v) is 6.63. The van der Waals surface area contributed by atoms with Crippen LogP contribution in [0.4, 0.5) is 0 Å². The van der Waals surface area contributed by atoms with Crippen LogP contribution in [0.1, 0.15) is 42.1 Å². The van der Waals surface area contributed by atoms with Gasteiger partial charge in [-0.2, -0.15) is 10.4 Å². The summed E-state index contributed by atoms with van der Waals surface area (Å²) >= 11 is 9.71. The van der Waals surface area contributed by atoms with Crippen LogP contribution in [0.15, 0.2) is 77.0 Å². The predicted molar refractivity (Wildman–Crippen MR) is 186 cm³/mol. The number of nitriles is 1. The van der Waals surface area contributed by atoms with E-state index in [1.54, 1.807) is 50.4 Å². The van der Waals surface area contributed by atoms with Gasteiger partial charge in [0.2, 0.25) is 0 Å². The number of ether oxygens (including phenoxy) is 3. The van der Waals surface area contributed by atoms with Gasteiger partial charge in [0.25, 0.3) is 5.91 Å². The van der Waals surface area contributed by atoms with Gasteiger partial charge in [0.15, 0.2) is 11.7 Å². The van der Waals surface area contributed by atoms with Gasteiger partial charge in [0.05, 0.1) is 43.2 Å². The molecule has 1 aliphatic rings. The molecule has 0 saturated carbocycles. The van der Waals surface area contributed by atoms with Gasteiger partial charge < -0.3 is 24.8 Å². The van der Waals surface area contributed by atoms with E-state index in [2.05, 4.69) is 72.4 Å². The van der Waals surface area contributed by atoms with Crippen molar-refractivity contribution in [3.05, 3.63) is 101 Å². The lowest BCUT2D eigenvalue weighted by Crippen LogP contribution is -2.45. The average molecular weight is 835 g/mol. The van der Waals surface area contributed by atoms with Crippen LogP contribution < -0.4 is 25.5 Å². The highest BCUT2D eigenvalue weighted by atomic mass is 127. The Morgan fingerprint density at radius 3 is 2.50 bits per heavy atom. The second-order valence-electron chi connectivity index (χ2n) is 9.32. The van der Waals surface area contributed by atoms with Gasteiger partial charge in [-0.15, -0.1) is 0 Å². The molecule has 0 unspecified atom stereocenters. The van der Waals surface area contributed by atoms with Gasteiger partial charge >= 0.3 is 5.97 Å². The second-order valence-corrected chi connectivity index (χ2v) is 12.1. The monoisotopic (exact) mass is 835 g/mol. The van der Waals surface area contributed by atoms with E-state index in [9.17, 15) is 9.59 Å². The molecule has 1 heterocycles. The molecule has 0 fully saturated rings. The van der Waals surface area contributed by atoms with Crippen molar-refractivity contribution in [3.8, 4) is 17.6 Å². The molecular formula is C31H27I2N5O5S. The van der Waals surface area contributed by atoms with Crippen molar-refractivity contribution in [1.82, 2.24) is 16.1 Å². The van der Waals surface area contributed by atoms with Crippen LogP contribution in [-0.4, -0.2) is 36.4 Å². The van der Waals surface area contributed by atoms with Crippen LogP contribution >= 0.6 is 57.4 Å². The third-order valence-corrected chi connectivity index (χ3v) is 8.07. The zero-order valence-electron chi connectivity index (χ0n) is 23.6. The molecule has 0 bridgehead atoms. The molecule has 1 atom stereocenters. The molecule has 13 heteroatoms. The number of thiocarbonyl (C=S) groups is 1. The molecule has 226 valence electrons. The summed E-state index contributed by atoms with van der Waals surface area (Å²) < 4.78 is 18.9. The fraction of sp³-hybridized carbons (Fsp3) is 0.194. The van der Waals surface area contributed by atoms with Crippen molar-refractivity contribution >= 4 is 80.6 Å². The summed E-state index contributed by atoms with van der Waals surface area (Å²) in [6, 6.07) is 19.6. The molecule has 1 amide bonds. The number of carbonyl (C=O) groups excluding carboxylic acids is 2. The van der Waals surface area contributed by atoms with E-state index in [1.807, 2.05) is 30.3 Å². The highest BCUT2D eigenvalue weighted by molar-refractivity contribution is 14.1. The number of carbonyl (C=O) groups is 2. The highest BCUT2D eigenvalue weighted by Gasteiger charge is 2.32. The normalized spacial score (nSPS) is 14.3. The van der Waals surface area contributed by atoms with Crippen molar-refractivity contribution in [2.75, 3.05) is 13.2 Å². The van der Waals surface area contributed by atoms with Gasteiger partial charge in [-0.05, 0) is 113 Å². The molecule has 10 nitrogen and oxygen atoms in total. The van der Waals surface area contributed by atoms with Crippen molar-refractivity contribution in [1.29, 1.82) is 5.26 Å². The topological polar surface area (TPSA) is 134 Å². The number of allylic oxidation sites excluding steroid dienone is 1. The Balaban J connectivity index is 1.37. The molecule has 0 saturated heterocycles. The standard InChI is InChI=1S/C31H27I2N5O5S/c1-3-41-30(40)27-18(2)36-31(44)37-28(27)22-6-4-5-7-25(22)42-17-26(39)38-35-15-21-12-23(32)29(24(33)13-21)43-16-20-10-8-19(14-34)9-11-20/h4-13,15,28H,3,16-17H2,1-2H3,(H,38,39)(H2,36,37,44)/t28-/m1/s1. The lowest BCUT2D eigenvalue weighted by atomic mass is 9.95. The van der Waals surface area contributed by atoms with Crippen molar-refractivity contribution < 1.29 is 23.8 Å². The summed E-state index contributed by atoms with van der Waals surface area (Å²) in [5.74, 6) is 0.205. The van der Waals surface area contributed by atoms with Crippen LogP contribution in [0, 0.1) is 18.5 Å². The Morgan fingerprint density at radius 1 is 1.11 bits per heavy atom. The van der Waals surface area contributed by atoms with Crippen molar-refractivity contribution in [2.24, 2.45) is 5.10 Å². The third-order valence-electron chi connectivity index (χ3n) is 6.24. The molecule has 0 aliphatic carbocycles. The summed E-state index contributed by atoms with van der Waals surface area (Å²) in [5, 5.41) is 19.5. The maximum atomic E-state index is 12.7. The van der Waals surface area contributed by atoms with Crippen molar-refractivity contribution in [3.63, 3.8) is 0 Å². The molecule has 0 spiro atoms.